The molecular weight excluding hydrogens is 408 g/mol. The van der Waals surface area contributed by atoms with Crippen molar-refractivity contribution in [1.82, 2.24) is 5.09 Å². The number of hydrogen-bond acceptors (Lipinski definition) is 1. The second kappa shape index (κ2) is 9.91. The van der Waals surface area contributed by atoms with E-state index in [9.17, 15) is 4.57 Å². The molecular formula is C23H20Cl2NOP. The van der Waals surface area contributed by atoms with Gasteiger partial charge in [-0.05, 0) is 16.7 Å². The Hall–Kier alpha value is -2.09. The van der Waals surface area contributed by atoms with Crippen LogP contribution in [0.2, 0.25) is 0 Å². The SMILES string of the molecule is O=P(C=C(Cl)c1ccccc1)(/C=C(/Cl)c1ccccc1)NCc1ccccc1. The third kappa shape index (κ3) is 5.95. The molecule has 28 heavy (non-hydrogen) atoms. The minimum absolute atomic E-state index is 0.415. The number of hydrogen-bond donors (Lipinski definition) is 1. The standard InChI is InChI=1S/C23H20Cl2NOP/c24-22(20-12-6-2-7-13-20)17-28(27,26-16-19-10-4-1-5-11-19)18-23(25)21-14-8-3-9-15-21/h1-15,17-18H,16H2,(H,26,27)/b22-17+,23-18?. The largest absolute Gasteiger partial charge is 0.298 e. The molecule has 0 fully saturated rings. The number of rotatable bonds is 7. The summed E-state index contributed by atoms with van der Waals surface area (Å²) < 4.78 is 13.7. The van der Waals surface area contributed by atoms with Crippen molar-refractivity contribution in [2.75, 3.05) is 0 Å². The van der Waals surface area contributed by atoms with Crippen LogP contribution in [0.5, 0.6) is 0 Å². The fraction of sp³-hybridized carbons (Fsp3) is 0.0435. The van der Waals surface area contributed by atoms with Crippen molar-refractivity contribution in [2.24, 2.45) is 0 Å². The van der Waals surface area contributed by atoms with Crippen molar-refractivity contribution in [3.8, 4) is 0 Å². The molecule has 142 valence electrons. The van der Waals surface area contributed by atoms with Gasteiger partial charge in [-0.25, -0.2) is 0 Å². The van der Waals surface area contributed by atoms with Gasteiger partial charge in [-0.2, -0.15) is 0 Å². The summed E-state index contributed by atoms with van der Waals surface area (Å²) in [5.41, 5.74) is 2.63. The second-order valence-electron chi connectivity index (χ2n) is 6.22. The smallest absolute Gasteiger partial charge is 0.193 e. The molecule has 0 spiro atoms. The van der Waals surface area contributed by atoms with Gasteiger partial charge in [0.05, 0.1) is 10.1 Å². The van der Waals surface area contributed by atoms with E-state index in [0.717, 1.165) is 16.7 Å². The molecule has 1 atom stereocenters. The third-order valence-electron chi connectivity index (χ3n) is 4.08. The molecule has 1 N–H and O–H groups in total. The van der Waals surface area contributed by atoms with Gasteiger partial charge in [0.1, 0.15) is 0 Å². The van der Waals surface area contributed by atoms with Gasteiger partial charge in [-0.15, -0.1) is 0 Å². The average molecular weight is 428 g/mol. The van der Waals surface area contributed by atoms with Crippen molar-refractivity contribution in [2.45, 2.75) is 6.54 Å². The summed E-state index contributed by atoms with van der Waals surface area (Å²) in [5.74, 6) is 3.14. The molecule has 0 saturated carbocycles. The van der Waals surface area contributed by atoms with Crippen LogP contribution in [-0.4, -0.2) is 0 Å². The van der Waals surface area contributed by atoms with Gasteiger partial charge < -0.3 is 0 Å². The van der Waals surface area contributed by atoms with Crippen molar-refractivity contribution in [3.63, 3.8) is 0 Å². The fourth-order valence-corrected chi connectivity index (χ4v) is 5.40. The Bertz CT molecular complexity index is 943. The average Bonchev–Trinajstić information content (AvgIpc) is 2.74. The summed E-state index contributed by atoms with van der Waals surface area (Å²) >= 11 is 13.0. The highest BCUT2D eigenvalue weighted by Gasteiger charge is 2.19. The van der Waals surface area contributed by atoms with Crippen molar-refractivity contribution < 1.29 is 4.57 Å². The number of halogens is 2. The third-order valence-corrected chi connectivity index (χ3v) is 6.98. The molecule has 0 amide bonds. The highest BCUT2D eigenvalue weighted by atomic mass is 35.5. The summed E-state index contributed by atoms with van der Waals surface area (Å²) in [4.78, 5) is 0. The first-order valence-electron chi connectivity index (χ1n) is 8.82. The van der Waals surface area contributed by atoms with E-state index in [0.29, 0.717) is 16.6 Å². The van der Waals surface area contributed by atoms with Crippen molar-refractivity contribution in [1.29, 1.82) is 0 Å². The van der Waals surface area contributed by atoms with Crippen molar-refractivity contribution in [3.05, 3.63) is 119 Å². The first-order valence-corrected chi connectivity index (χ1v) is 11.4. The minimum atomic E-state index is -3.17. The Labute approximate surface area is 175 Å². The molecule has 5 heteroatoms. The molecule has 0 aliphatic heterocycles. The molecule has 0 saturated heterocycles. The summed E-state index contributed by atoms with van der Waals surface area (Å²) in [6, 6.07) is 28.7. The van der Waals surface area contributed by atoms with E-state index in [-0.39, 0.29) is 0 Å². The highest BCUT2D eigenvalue weighted by molar-refractivity contribution is 7.68. The zero-order valence-electron chi connectivity index (χ0n) is 15.1. The summed E-state index contributed by atoms with van der Waals surface area (Å²) in [6.07, 6.45) is 0. The Morgan fingerprint density at radius 2 is 1.11 bits per heavy atom. The van der Waals surface area contributed by atoms with E-state index >= 15 is 0 Å². The van der Waals surface area contributed by atoms with E-state index in [1.807, 2.05) is 91.0 Å². The topological polar surface area (TPSA) is 29.1 Å². The molecule has 3 aromatic rings. The molecule has 3 aromatic carbocycles. The van der Waals surface area contributed by atoms with Crippen LogP contribution in [-0.2, 0) is 11.1 Å². The minimum Gasteiger partial charge on any atom is -0.298 e. The van der Waals surface area contributed by atoms with Gasteiger partial charge in [-0.3, -0.25) is 9.65 Å². The zero-order valence-corrected chi connectivity index (χ0v) is 17.5. The lowest BCUT2D eigenvalue weighted by Gasteiger charge is -2.15. The van der Waals surface area contributed by atoms with E-state index in [4.69, 9.17) is 23.2 Å². The first-order chi connectivity index (χ1) is 13.6. The molecule has 3 rings (SSSR count). The quantitative estimate of drug-likeness (QED) is 0.394. The van der Waals surface area contributed by atoms with Crippen LogP contribution < -0.4 is 5.09 Å². The summed E-state index contributed by atoms with van der Waals surface area (Å²) in [6.45, 7) is 0.434. The van der Waals surface area contributed by atoms with Crippen LogP contribution in [0.25, 0.3) is 10.1 Å². The van der Waals surface area contributed by atoms with Crippen LogP contribution in [0.4, 0.5) is 0 Å². The van der Waals surface area contributed by atoms with E-state index in [2.05, 4.69) is 5.09 Å². The van der Waals surface area contributed by atoms with Crippen LogP contribution in [0.1, 0.15) is 16.7 Å². The van der Waals surface area contributed by atoms with Gasteiger partial charge >= 0.3 is 0 Å². The van der Waals surface area contributed by atoms with Gasteiger partial charge in [0, 0.05) is 18.2 Å². The van der Waals surface area contributed by atoms with Crippen LogP contribution in [0.15, 0.2) is 103 Å². The predicted octanol–water partition coefficient (Wildman–Crippen LogP) is 7.53. The van der Waals surface area contributed by atoms with Gasteiger partial charge in [0.25, 0.3) is 0 Å². The van der Waals surface area contributed by atoms with Crippen LogP contribution >= 0.6 is 30.5 Å². The summed E-state index contributed by atoms with van der Waals surface area (Å²) in [7, 11) is -3.17. The Kier molecular flexibility index (Phi) is 7.30. The molecule has 0 radical (unpaired) electrons. The lowest BCUT2D eigenvalue weighted by Crippen LogP contribution is -2.07. The van der Waals surface area contributed by atoms with E-state index in [1.54, 1.807) is 11.6 Å². The van der Waals surface area contributed by atoms with E-state index in [1.165, 1.54) is 0 Å². The Morgan fingerprint density at radius 3 is 1.54 bits per heavy atom. The lowest BCUT2D eigenvalue weighted by atomic mass is 10.2. The fourth-order valence-electron chi connectivity index (χ4n) is 2.62. The Morgan fingerprint density at radius 1 is 0.714 bits per heavy atom. The monoisotopic (exact) mass is 427 g/mol. The first kappa shape index (κ1) is 20.6. The molecule has 2 nitrogen and oxygen atoms in total. The second-order valence-corrected chi connectivity index (χ2v) is 9.28. The maximum Gasteiger partial charge on any atom is 0.193 e. The van der Waals surface area contributed by atoms with Crippen LogP contribution in [0.3, 0.4) is 0 Å². The van der Waals surface area contributed by atoms with Gasteiger partial charge in [-0.1, -0.05) is 114 Å². The number of benzene rings is 3. The van der Waals surface area contributed by atoms with Crippen molar-refractivity contribution >= 4 is 40.6 Å². The highest BCUT2D eigenvalue weighted by Crippen LogP contribution is 2.50. The molecule has 0 bridgehead atoms. The van der Waals surface area contributed by atoms with E-state index < -0.39 is 7.29 Å². The Balaban J connectivity index is 1.94. The number of nitrogens with one attached hydrogen (secondary N) is 1. The van der Waals surface area contributed by atoms with Crippen LogP contribution in [0, 0.1) is 0 Å². The molecule has 1 unspecified atom stereocenters. The lowest BCUT2D eigenvalue weighted by molar-refractivity contribution is 0.577. The normalized spacial score (nSPS) is 14.5. The molecule has 0 aliphatic carbocycles. The maximum absolute atomic E-state index is 13.7. The summed E-state index contributed by atoms with van der Waals surface area (Å²) in [5, 5.41) is 3.98. The predicted molar refractivity (Wildman–Crippen MR) is 121 cm³/mol. The molecule has 0 aromatic heterocycles. The van der Waals surface area contributed by atoms with Gasteiger partial charge in [0.2, 0.25) is 0 Å². The molecule has 0 heterocycles. The maximum atomic E-state index is 13.7. The van der Waals surface area contributed by atoms with Gasteiger partial charge in [0.15, 0.2) is 7.29 Å². The molecule has 0 aliphatic rings. The zero-order chi connectivity index (χ0) is 19.8.